The maximum absolute atomic E-state index is 6.13. The molecule has 0 bridgehead atoms. The van der Waals surface area contributed by atoms with Gasteiger partial charge in [-0.1, -0.05) is 59.1 Å². The van der Waals surface area contributed by atoms with E-state index in [1.54, 1.807) is 0 Å². The minimum Gasteiger partial charge on any atom is -0.0840 e. The zero-order valence-electron chi connectivity index (χ0n) is 10.2. The molecule has 0 saturated heterocycles. The first-order valence-corrected chi connectivity index (χ1v) is 6.18. The molecule has 2 aromatic rings. The molecule has 0 nitrogen and oxygen atoms in total. The Morgan fingerprint density at radius 1 is 1.00 bits per heavy atom. The van der Waals surface area contributed by atoms with Crippen molar-refractivity contribution in [1.29, 1.82) is 0 Å². The third-order valence-corrected chi connectivity index (χ3v) is 3.13. The van der Waals surface area contributed by atoms with E-state index in [2.05, 4.69) is 44.5 Å². The van der Waals surface area contributed by atoms with Gasteiger partial charge >= 0.3 is 0 Å². The lowest BCUT2D eigenvalue weighted by Crippen LogP contribution is -1.91. The molecule has 0 N–H and O–H groups in total. The summed E-state index contributed by atoms with van der Waals surface area (Å²) in [6, 6.07) is 14.6. The van der Waals surface area contributed by atoms with Crippen LogP contribution in [0.15, 0.2) is 42.5 Å². The number of halogens is 1. The molecular weight excluding hydrogens is 228 g/mol. The van der Waals surface area contributed by atoms with Crippen LogP contribution >= 0.6 is 11.6 Å². The fraction of sp³-hybridized carbons (Fsp3) is 0.188. The van der Waals surface area contributed by atoms with Gasteiger partial charge in [-0.25, -0.2) is 0 Å². The molecule has 0 fully saturated rings. The molecule has 0 spiro atoms. The van der Waals surface area contributed by atoms with Gasteiger partial charge in [0.25, 0.3) is 0 Å². The van der Waals surface area contributed by atoms with Crippen LogP contribution in [0.1, 0.15) is 22.3 Å². The predicted molar refractivity (Wildman–Crippen MR) is 74.5 cm³/mol. The van der Waals surface area contributed by atoms with Gasteiger partial charge in [-0.15, -0.1) is 0 Å². The highest BCUT2D eigenvalue weighted by molar-refractivity contribution is 6.31. The van der Waals surface area contributed by atoms with Gasteiger partial charge in [-0.05, 0) is 43.9 Å². The van der Waals surface area contributed by atoms with E-state index < -0.39 is 0 Å². The lowest BCUT2D eigenvalue weighted by atomic mass is 10.0. The second kappa shape index (κ2) is 5.37. The van der Waals surface area contributed by atoms with Crippen LogP contribution in [0.2, 0.25) is 5.02 Å². The van der Waals surface area contributed by atoms with Crippen molar-refractivity contribution in [3.05, 3.63) is 76.2 Å². The van der Waals surface area contributed by atoms with Crippen molar-refractivity contribution in [3.63, 3.8) is 0 Å². The monoisotopic (exact) mass is 243 g/mol. The zero-order chi connectivity index (χ0) is 12.3. The minimum atomic E-state index is 0.841. The molecule has 0 saturated carbocycles. The van der Waals surface area contributed by atoms with Crippen LogP contribution in [0.4, 0.5) is 0 Å². The van der Waals surface area contributed by atoms with Gasteiger partial charge in [0.1, 0.15) is 0 Å². The molecule has 2 aromatic carbocycles. The van der Waals surface area contributed by atoms with Gasteiger partial charge in [-0.2, -0.15) is 0 Å². The van der Waals surface area contributed by atoms with Gasteiger partial charge in [0.2, 0.25) is 0 Å². The van der Waals surface area contributed by atoms with E-state index in [0.29, 0.717) is 0 Å². The minimum absolute atomic E-state index is 0.841. The quantitative estimate of drug-likeness (QED) is 0.730. The van der Waals surface area contributed by atoms with E-state index in [1.165, 1.54) is 22.3 Å². The normalized spacial score (nSPS) is 10.5. The number of aryl methyl sites for hydroxylation is 2. The molecule has 0 aliphatic heterocycles. The summed E-state index contributed by atoms with van der Waals surface area (Å²) in [5.74, 6) is 0. The van der Waals surface area contributed by atoms with Crippen molar-refractivity contribution in [2.24, 2.45) is 0 Å². The summed E-state index contributed by atoms with van der Waals surface area (Å²) >= 11 is 6.13. The van der Waals surface area contributed by atoms with Gasteiger partial charge < -0.3 is 0 Å². The molecule has 0 aromatic heterocycles. The largest absolute Gasteiger partial charge is 0.0840 e. The maximum Gasteiger partial charge on any atom is 0.0438 e. The first kappa shape index (κ1) is 12.2. The Bertz CT molecular complexity index is 494. The molecule has 0 aliphatic carbocycles. The molecule has 17 heavy (non-hydrogen) atoms. The fourth-order valence-corrected chi connectivity index (χ4v) is 2.23. The van der Waals surface area contributed by atoms with E-state index in [1.807, 2.05) is 18.2 Å². The van der Waals surface area contributed by atoms with Crippen LogP contribution in [-0.4, -0.2) is 0 Å². The summed E-state index contributed by atoms with van der Waals surface area (Å²) in [6.45, 7) is 4.25. The zero-order valence-corrected chi connectivity index (χ0v) is 11.0. The summed E-state index contributed by atoms with van der Waals surface area (Å²) in [6.07, 6.45) is 3.10. The highest BCUT2D eigenvalue weighted by Crippen LogP contribution is 2.19. The Morgan fingerprint density at radius 2 is 1.65 bits per heavy atom. The molecule has 0 aliphatic rings. The van der Waals surface area contributed by atoms with Crippen LogP contribution < -0.4 is 0 Å². The van der Waals surface area contributed by atoms with Crippen LogP contribution in [0.5, 0.6) is 0 Å². The molecule has 87 valence electrons. The second-order valence-electron chi connectivity index (χ2n) is 4.42. The molecule has 0 heterocycles. The molecule has 1 heteroatoms. The van der Waals surface area contributed by atoms with Crippen LogP contribution in [-0.2, 0) is 6.42 Å². The summed E-state index contributed by atoms with van der Waals surface area (Å²) in [5, 5.41) is 0.841. The lowest BCUT2D eigenvalue weighted by molar-refractivity contribution is 1.16. The lowest BCUT2D eigenvalue weighted by Gasteiger charge is -2.06. The number of hydrogen-bond acceptors (Lipinski definition) is 0. The fourth-order valence-electron chi connectivity index (χ4n) is 2.02. The Balaban J connectivity index is 2.10. The van der Waals surface area contributed by atoms with Crippen LogP contribution in [0, 0.1) is 20.3 Å². The summed E-state index contributed by atoms with van der Waals surface area (Å²) < 4.78 is 0. The Morgan fingerprint density at radius 3 is 2.29 bits per heavy atom. The first-order chi connectivity index (χ1) is 8.15. The molecule has 1 radical (unpaired) electrons. The molecule has 2 rings (SSSR count). The molecule has 0 atom stereocenters. The van der Waals surface area contributed by atoms with Crippen LogP contribution in [0.25, 0.3) is 0 Å². The summed E-state index contributed by atoms with van der Waals surface area (Å²) in [7, 11) is 0. The average molecular weight is 244 g/mol. The van der Waals surface area contributed by atoms with E-state index in [-0.39, 0.29) is 0 Å². The van der Waals surface area contributed by atoms with Gasteiger partial charge in [0, 0.05) is 5.02 Å². The number of hydrogen-bond donors (Lipinski definition) is 0. The SMILES string of the molecule is Cc1cc(C)cc([CH]Cc2ccccc2Cl)c1. The highest BCUT2D eigenvalue weighted by Gasteiger charge is 2.01. The van der Waals surface area contributed by atoms with Crippen molar-refractivity contribution in [1.82, 2.24) is 0 Å². The van der Waals surface area contributed by atoms with Crippen molar-refractivity contribution in [2.75, 3.05) is 0 Å². The van der Waals surface area contributed by atoms with Crippen molar-refractivity contribution in [2.45, 2.75) is 20.3 Å². The smallest absolute Gasteiger partial charge is 0.0438 e. The van der Waals surface area contributed by atoms with E-state index >= 15 is 0 Å². The summed E-state index contributed by atoms with van der Waals surface area (Å²) in [4.78, 5) is 0. The van der Waals surface area contributed by atoms with Gasteiger partial charge in [-0.3, -0.25) is 0 Å². The Labute approximate surface area is 108 Å². The van der Waals surface area contributed by atoms with Gasteiger partial charge in [0.05, 0.1) is 0 Å². The molecule has 0 amide bonds. The molecular formula is C16H16Cl. The first-order valence-electron chi connectivity index (χ1n) is 5.80. The van der Waals surface area contributed by atoms with Crippen molar-refractivity contribution >= 4 is 11.6 Å². The van der Waals surface area contributed by atoms with Crippen molar-refractivity contribution < 1.29 is 0 Å². The number of rotatable bonds is 3. The average Bonchev–Trinajstić information content (AvgIpc) is 2.27. The maximum atomic E-state index is 6.13. The predicted octanol–water partition coefficient (Wildman–Crippen LogP) is 4.75. The topological polar surface area (TPSA) is 0 Å². The van der Waals surface area contributed by atoms with Crippen molar-refractivity contribution in [3.8, 4) is 0 Å². The van der Waals surface area contributed by atoms with E-state index in [9.17, 15) is 0 Å². The molecule has 0 unspecified atom stereocenters. The standard InChI is InChI=1S/C16H16Cl/c1-12-9-13(2)11-14(10-12)7-8-15-5-3-4-6-16(15)17/h3-7,9-11H,8H2,1-2H3. The Kier molecular flexibility index (Phi) is 3.86. The second-order valence-corrected chi connectivity index (χ2v) is 4.83. The number of benzene rings is 2. The van der Waals surface area contributed by atoms with E-state index in [0.717, 1.165) is 11.4 Å². The third-order valence-electron chi connectivity index (χ3n) is 2.76. The third kappa shape index (κ3) is 3.34. The van der Waals surface area contributed by atoms with Crippen LogP contribution in [0.3, 0.4) is 0 Å². The van der Waals surface area contributed by atoms with E-state index in [4.69, 9.17) is 11.6 Å². The summed E-state index contributed by atoms with van der Waals surface area (Å²) in [5.41, 5.74) is 5.04. The van der Waals surface area contributed by atoms with Gasteiger partial charge in [0.15, 0.2) is 0 Å². The highest BCUT2D eigenvalue weighted by atomic mass is 35.5. The Hall–Kier alpha value is -1.27.